The second-order valence-corrected chi connectivity index (χ2v) is 7.66. The first-order chi connectivity index (χ1) is 13.9. The quantitative estimate of drug-likeness (QED) is 0.694. The van der Waals surface area contributed by atoms with Gasteiger partial charge in [0.1, 0.15) is 6.04 Å². The molecule has 4 heterocycles. The number of fused-ring (bicyclic) bond motifs is 2. The number of nitrogens with zero attached hydrogens (tertiary/aromatic N) is 2. The maximum Gasteiger partial charge on any atom is 0.586 e. The Kier molecular flexibility index (Phi) is 3.91. The number of ketones is 1. The molecule has 5 rings (SSSR count). The first-order valence-electron chi connectivity index (χ1n) is 8.77. The van der Waals surface area contributed by atoms with Crippen molar-refractivity contribution < 1.29 is 27.8 Å². The summed E-state index contributed by atoms with van der Waals surface area (Å²) in [6, 6.07) is 7.40. The second kappa shape index (κ2) is 6.38. The number of anilines is 1. The van der Waals surface area contributed by atoms with Gasteiger partial charge in [0.05, 0.1) is 10.6 Å². The number of ether oxygens (including phenoxy) is 2. The van der Waals surface area contributed by atoms with E-state index in [9.17, 15) is 18.4 Å². The van der Waals surface area contributed by atoms with Crippen molar-refractivity contribution in [1.29, 1.82) is 0 Å². The van der Waals surface area contributed by atoms with Gasteiger partial charge in [-0.05, 0) is 42.3 Å². The Morgan fingerprint density at radius 2 is 2.10 bits per heavy atom. The summed E-state index contributed by atoms with van der Waals surface area (Å²) in [4.78, 5) is 29.5. The third kappa shape index (κ3) is 3.15. The molecular formula is C19H13F2N3O4S. The molecule has 3 aromatic rings. The summed E-state index contributed by atoms with van der Waals surface area (Å²) in [6.45, 7) is 0. The van der Waals surface area contributed by atoms with Crippen LogP contribution in [0.3, 0.4) is 0 Å². The molecule has 148 valence electrons. The average molecular weight is 417 g/mol. The van der Waals surface area contributed by atoms with Crippen molar-refractivity contribution in [3.05, 3.63) is 48.4 Å². The van der Waals surface area contributed by atoms with Gasteiger partial charge < -0.3 is 19.4 Å². The molecule has 0 spiro atoms. The molecule has 7 nitrogen and oxygen atoms in total. The SMILES string of the molecule is O=C1CCC(C(=O)Nc2ncc(-c3ccc4c(c3)OC(F)(F)O4)s2)n2cccc21. The van der Waals surface area contributed by atoms with Crippen LogP contribution >= 0.6 is 11.3 Å². The number of hydrogen-bond donors (Lipinski definition) is 1. The average Bonchev–Trinajstić information content (AvgIpc) is 3.38. The number of aromatic nitrogens is 2. The van der Waals surface area contributed by atoms with Crippen LogP contribution in [-0.2, 0) is 4.79 Å². The highest BCUT2D eigenvalue weighted by Gasteiger charge is 2.43. The van der Waals surface area contributed by atoms with Gasteiger partial charge in [-0.15, -0.1) is 8.78 Å². The van der Waals surface area contributed by atoms with Crippen molar-refractivity contribution in [2.24, 2.45) is 0 Å². The minimum Gasteiger partial charge on any atom is -0.395 e. The lowest BCUT2D eigenvalue weighted by Gasteiger charge is -2.24. The number of amides is 1. The summed E-state index contributed by atoms with van der Waals surface area (Å²) < 4.78 is 36.9. The zero-order valence-electron chi connectivity index (χ0n) is 14.7. The van der Waals surface area contributed by atoms with E-state index in [1.165, 1.54) is 23.5 Å². The lowest BCUT2D eigenvalue weighted by molar-refractivity contribution is -0.286. The van der Waals surface area contributed by atoms with Crippen LogP contribution in [0.5, 0.6) is 11.5 Å². The third-order valence-electron chi connectivity index (χ3n) is 4.77. The van der Waals surface area contributed by atoms with E-state index in [2.05, 4.69) is 19.8 Å². The van der Waals surface area contributed by atoms with Crippen LogP contribution in [0.25, 0.3) is 10.4 Å². The van der Waals surface area contributed by atoms with Crippen LogP contribution in [0.2, 0.25) is 0 Å². The fourth-order valence-electron chi connectivity index (χ4n) is 3.45. The third-order valence-corrected chi connectivity index (χ3v) is 5.73. The second-order valence-electron chi connectivity index (χ2n) is 6.63. The Bertz CT molecular complexity index is 1140. The summed E-state index contributed by atoms with van der Waals surface area (Å²) in [5.41, 5.74) is 1.13. The number of nitrogens with one attached hydrogen (secondary N) is 1. The van der Waals surface area contributed by atoms with Crippen LogP contribution in [-0.4, -0.2) is 27.5 Å². The van der Waals surface area contributed by atoms with E-state index in [0.29, 0.717) is 34.1 Å². The van der Waals surface area contributed by atoms with Crippen LogP contribution < -0.4 is 14.8 Å². The standard InChI is InChI=1S/C19H13F2N3O4S/c20-19(21)27-14-6-3-10(8-15(14)28-19)16-9-22-18(29-16)23-17(26)12-4-5-13(25)11-2-1-7-24(11)12/h1-3,6-9,12H,4-5H2,(H,22,23,26). The van der Waals surface area contributed by atoms with Crippen LogP contribution in [0.1, 0.15) is 29.4 Å². The van der Waals surface area contributed by atoms with Gasteiger partial charge in [0.25, 0.3) is 0 Å². The van der Waals surface area contributed by atoms with E-state index in [1.54, 1.807) is 35.2 Å². The Morgan fingerprint density at radius 3 is 2.97 bits per heavy atom. The van der Waals surface area contributed by atoms with Gasteiger partial charge >= 0.3 is 6.29 Å². The van der Waals surface area contributed by atoms with Gasteiger partial charge in [-0.25, -0.2) is 4.98 Å². The van der Waals surface area contributed by atoms with Crippen LogP contribution in [0.4, 0.5) is 13.9 Å². The summed E-state index contributed by atoms with van der Waals surface area (Å²) >= 11 is 1.20. The smallest absolute Gasteiger partial charge is 0.395 e. The molecule has 1 N–H and O–H groups in total. The minimum atomic E-state index is -3.67. The Hall–Kier alpha value is -3.27. The molecule has 2 aliphatic rings. The highest BCUT2D eigenvalue weighted by atomic mass is 32.1. The van der Waals surface area contributed by atoms with Gasteiger partial charge in [0, 0.05) is 18.8 Å². The predicted octanol–water partition coefficient (Wildman–Crippen LogP) is 4.09. The van der Waals surface area contributed by atoms with Crippen LogP contribution in [0, 0.1) is 0 Å². The maximum atomic E-state index is 13.2. The molecule has 0 bridgehead atoms. The van der Waals surface area contributed by atoms with E-state index in [0.717, 1.165) is 0 Å². The van der Waals surface area contributed by atoms with E-state index in [4.69, 9.17) is 0 Å². The highest BCUT2D eigenvalue weighted by Crippen LogP contribution is 2.43. The molecule has 0 aliphatic carbocycles. The lowest BCUT2D eigenvalue weighted by Crippen LogP contribution is -2.31. The van der Waals surface area contributed by atoms with Gasteiger partial charge in [-0.2, -0.15) is 0 Å². The molecule has 0 saturated heterocycles. The molecule has 0 fully saturated rings. The predicted molar refractivity (Wildman–Crippen MR) is 99.4 cm³/mol. The normalized spacial score (nSPS) is 19.1. The summed E-state index contributed by atoms with van der Waals surface area (Å²) in [5, 5.41) is 3.15. The van der Waals surface area contributed by atoms with E-state index in [1.807, 2.05) is 0 Å². The van der Waals surface area contributed by atoms with Gasteiger partial charge in [0.2, 0.25) is 5.91 Å². The van der Waals surface area contributed by atoms with Gasteiger partial charge in [-0.1, -0.05) is 11.3 Å². The highest BCUT2D eigenvalue weighted by molar-refractivity contribution is 7.19. The van der Waals surface area contributed by atoms with E-state index in [-0.39, 0.29) is 23.2 Å². The number of carbonyl (C=O) groups excluding carboxylic acids is 2. The summed E-state index contributed by atoms with van der Waals surface area (Å²) in [6.07, 6.45) is 0.314. The van der Waals surface area contributed by atoms with Gasteiger partial charge in [-0.3, -0.25) is 9.59 Å². The number of halogens is 2. The maximum absolute atomic E-state index is 13.2. The monoisotopic (exact) mass is 417 g/mol. The molecule has 1 unspecified atom stereocenters. The van der Waals surface area contributed by atoms with Crippen molar-refractivity contribution in [2.45, 2.75) is 25.2 Å². The van der Waals surface area contributed by atoms with Crippen molar-refractivity contribution in [2.75, 3.05) is 5.32 Å². The minimum absolute atomic E-state index is 0.0176. The fraction of sp³-hybridized carbons (Fsp3) is 0.211. The fourth-order valence-corrected chi connectivity index (χ4v) is 4.27. The molecule has 1 atom stereocenters. The number of thiazole rings is 1. The lowest BCUT2D eigenvalue weighted by atomic mass is 10.0. The van der Waals surface area contributed by atoms with Crippen molar-refractivity contribution >= 4 is 28.2 Å². The molecule has 2 aromatic heterocycles. The summed E-state index contributed by atoms with van der Waals surface area (Å²) in [7, 11) is 0. The molecule has 0 radical (unpaired) electrons. The molecular weight excluding hydrogens is 404 g/mol. The van der Waals surface area contributed by atoms with E-state index >= 15 is 0 Å². The molecule has 1 amide bonds. The summed E-state index contributed by atoms with van der Waals surface area (Å²) in [5.74, 6) is -0.338. The number of Topliss-reactive ketones (excluding diaryl/α,β-unsaturated/α-hetero) is 1. The van der Waals surface area contributed by atoms with Crippen molar-refractivity contribution in [1.82, 2.24) is 9.55 Å². The van der Waals surface area contributed by atoms with E-state index < -0.39 is 12.3 Å². The Morgan fingerprint density at radius 1 is 1.28 bits per heavy atom. The first-order valence-corrected chi connectivity index (χ1v) is 9.58. The zero-order chi connectivity index (χ0) is 20.2. The van der Waals surface area contributed by atoms with Crippen molar-refractivity contribution in [3.63, 3.8) is 0 Å². The van der Waals surface area contributed by atoms with Gasteiger partial charge in [0.15, 0.2) is 22.4 Å². The van der Waals surface area contributed by atoms with Crippen LogP contribution in [0.15, 0.2) is 42.7 Å². The molecule has 10 heteroatoms. The Balaban J connectivity index is 1.34. The Labute approximate surface area is 166 Å². The van der Waals surface area contributed by atoms with Crippen molar-refractivity contribution in [3.8, 4) is 21.9 Å². The molecule has 1 aromatic carbocycles. The molecule has 0 saturated carbocycles. The number of rotatable bonds is 3. The zero-order valence-corrected chi connectivity index (χ0v) is 15.5. The number of benzene rings is 1. The topological polar surface area (TPSA) is 82.5 Å². The number of hydrogen-bond acceptors (Lipinski definition) is 6. The molecule has 29 heavy (non-hydrogen) atoms. The first kappa shape index (κ1) is 17.8. The molecule has 2 aliphatic heterocycles. The number of alkyl halides is 2. The largest absolute Gasteiger partial charge is 0.586 e. The number of carbonyl (C=O) groups is 2.